The Morgan fingerprint density at radius 1 is 1.12 bits per heavy atom. The van der Waals surface area contributed by atoms with E-state index in [0.717, 1.165) is 12.2 Å². The van der Waals surface area contributed by atoms with E-state index in [0.29, 0.717) is 5.56 Å². The van der Waals surface area contributed by atoms with Gasteiger partial charge < -0.3 is 5.32 Å². The fraction of sp³-hybridized carbons (Fsp3) is 0.0714. The van der Waals surface area contributed by atoms with Crippen LogP contribution >= 0.6 is 0 Å². The molecular formula is C14H11N2. The van der Waals surface area contributed by atoms with Gasteiger partial charge in [0, 0.05) is 18.3 Å². The van der Waals surface area contributed by atoms with Crippen LogP contribution in [0.2, 0.25) is 0 Å². The van der Waals surface area contributed by atoms with Crippen LogP contribution < -0.4 is 5.32 Å². The number of anilines is 1. The molecule has 0 saturated heterocycles. The van der Waals surface area contributed by atoms with Crippen LogP contribution in [0.5, 0.6) is 0 Å². The number of benzene rings is 2. The van der Waals surface area contributed by atoms with Crippen LogP contribution in [0.15, 0.2) is 48.5 Å². The highest BCUT2D eigenvalue weighted by atomic mass is 14.9. The van der Waals surface area contributed by atoms with Crippen molar-refractivity contribution in [3.05, 3.63) is 65.7 Å². The average molecular weight is 207 g/mol. The van der Waals surface area contributed by atoms with Gasteiger partial charge in [-0.15, -0.1) is 0 Å². The van der Waals surface area contributed by atoms with Crippen molar-refractivity contribution in [1.29, 1.82) is 5.26 Å². The first kappa shape index (κ1) is 10.3. The van der Waals surface area contributed by atoms with Crippen molar-refractivity contribution >= 4 is 5.69 Å². The fourth-order valence-electron chi connectivity index (χ4n) is 1.40. The van der Waals surface area contributed by atoms with Gasteiger partial charge in [0.25, 0.3) is 0 Å². The lowest BCUT2D eigenvalue weighted by Gasteiger charge is -2.05. The zero-order valence-electron chi connectivity index (χ0n) is 8.77. The zero-order valence-corrected chi connectivity index (χ0v) is 8.77. The first-order valence-corrected chi connectivity index (χ1v) is 5.08. The number of hydrogen-bond acceptors (Lipinski definition) is 2. The molecule has 2 heteroatoms. The van der Waals surface area contributed by atoms with Crippen molar-refractivity contribution in [2.24, 2.45) is 0 Å². The first-order valence-electron chi connectivity index (χ1n) is 5.08. The number of hydrogen-bond donors (Lipinski definition) is 1. The van der Waals surface area contributed by atoms with Crippen molar-refractivity contribution in [2.45, 2.75) is 6.54 Å². The lowest BCUT2D eigenvalue weighted by Crippen LogP contribution is -1.98. The Balaban J connectivity index is 1.98. The van der Waals surface area contributed by atoms with Crippen LogP contribution in [0.4, 0.5) is 5.69 Å². The van der Waals surface area contributed by atoms with Crippen molar-refractivity contribution in [2.75, 3.05) is 5.32 Å². The number of nitriles is 1. The summed E-state index contributed by atoms with van der Waals surface area (Å²) in [5, 5.41) is 11.9. The summed E-state index contributed by atoms with van der Waals surface area (Å²) in [7, 11) is 0. The summed E-state index contributed by atoms with van der Waals surface area (Å²) in [6, 6.07) is 20.6. The minimum atomic E-state index is 0.630. The summed E-state index contributed by atoms with van der Waals surface area (Å²) in [6.45, 7) is 0.767. The predicted octanol–water partition coefficient (Wildman–Crippen LogP) is 2.97. The number of nitrogens with one attached hydrogen (secondary N) is 1. The minimum Gasteiger partial charge on any atom is -0.380 e. The molecule has 1 N–H and O–H groups in total. The molecule has 2 aromatic carbocycles. The van der Waals surface area contributed by atoms with Crippen LogP contribution in [-0.2, 0) is 6.54 Å². The van der Waals surface area contributed by atoms with Gasteiger partial charge in [0.15, 0.2) is 0 Å². The van der Waals surface area contributed by atoms with Gasteiger partial charge in [-0.25, -0.2) is 0 Å². The molecule has 2 nitrogen and oxygen atoms in total. The van der Waals surface area contributed by atoms with Gasteiger partial charge in [-0.2, -0.15) is 5.26 Å². The van der Waals surface area contributed by atoms with Crippen LogP contribution in [-0.4, -0.2) is 0 Å². The van der Waals surface area contributed by atoms with Crippen molar-refractivity contribution in [3.8, 4) is 6.07 Å². The monoisotopic (exact) mass is 207 g/mol. The molecule has 0 saturated carbocycles. The molecule has 0 aliphatic heterocycles. The van der Waals surface area contributed by atoms with E-state index >= 15 is 0 Å². The maximum Gasteiger partial charge on any atom is 0.0991 e. The van der Waals surface area contributed by atoms with E-state index in [4.69, 9.17) is 5.26 Å². The Bertz CT molecular complexity index is 480. The molecule has 0 heterocycles. The summed E-state index contributed by atoms with van der Waals surface area (Å²) in [5.41, 5.74) is 2.76. The Morgan fingerprint density at radius 2 is 1.94 bits per heavy atom. The summed E-state index contributed by atoms with van der Waals surface area (Å²) >= 11 is 0. The highest BCUT2D eigenvalue weighted by molar-refractivity contribution is 5.46. The van der Waals surface area contributed by atoms with E-state index in [-0.39, 0.29) is 0 Å². The van der Waals surface area contributed by atoms with E-state index < -0.39 is 0 Å². The van der Waals surface area contributed by atoms with Crippen molar-refractivity contribution < 1.29 is 0 Å². The second-order valence-electron chi connectivity index (χ2n) is 3.44. The lowest BCUT2D eigenvalue weighted by molar-refractivity contribution is 1.15. The molecular weight excluding hydrogens is 196 g/mol. The fourth-order valence-corrected chi connectivity index (χ4v) is 1.40. The van der Waals surface area contributed by atoms with Crippen molar-refractivity contribution in [1.82, 2.24) is 0 Å². The topological polar surface area (TPSA) is 35.8 Å². The Labute approximate surface area is 95.2 Å². The molecule has 1 radical (unpaired) electrons. The molecule has 0 unspecified atom stereocenters. The molecule has 2 rings (SSSR count). The molecule has 0 atom stereocenters. The van der Waals surface area contributed by atoms with Gasteiger partial charge in [0.05, 0.1) is 11.6 Å². The van der Waals surface area contributed by atoms with E-state index in [1.54, 1.807) is 12.1 Å². The van der Waals surface area contributed by atoms with Gasteiger partial charge in [-0.1, -0.05) is 30.3 Å². The highest BCUT2D eigenvalue weighted by Gasteiger charge is 1.94. The summed E-state index contributed by atoms with van der Waals surface area (Å²) in [5.74, 6) is 0. The molecule has 0 amide bonds. The molecule has 0 fully saturated rings. The van der Waals surface area contributed by atoms with Gasteiger partial charge in [-0.3, -0.25) is 0 Å². The van der Waals surface area contributed by atoms with Gasteiger partial charge in [-0.05, 0) is 23.8 Å². The second kappa shape index (κ2) is 4.99. The van der Waals surface area contributed by atoms with Crippen LogP contribution in [0.25, 0.3) is 0 Å². The van der Waals surface area contributed by atoms with E-state index in [1.165, 1.54) is 5.56 Å². The summed E-state index contributed by atoms with van der Waals surface area (Å²) in [6.07, 6.45) is 0. The Morgan fingerprint density at radius 3 is 2.56 bits per heavy atom. The average Bonchev–Trinajstić information content (AvgIpc) is 2.38. The summed E-state index contributed by atoms with van der Waals surface area (Å²) in [4.78, 5) is 0. The van der Waals surface area contributed by atoms with Crippen LogP contribution in [0.3, 0.4) is 0 Å². The quantitative estimate of drug-likeness (QED) is 0.839. The molecule has 0 spiro atoms. The normalized spacial score (nSPS) is 9.44. The van der Waals surface area contributed by atoms with E-state index in [1.807, 2.05) is 24.3 Å². The SMILES string of the molecule is N#Cc1c[c]c(NCc2ccccc2)cc1. The first-order chi connectivity index (χ1) is 7.88. The number of rotatable bonds is 3. The molecule has 2 aromatic rings. The van der Waals surface area contributed by atoms with Gasteiger partial charge in [0.2, 0.25) is 0 Å². The molecule has 0 aliphatic rings. The molecule has 77 valence electrons. The second-order valence-corrected chi connectivity index (χ2v) is 3.44. The molecule has 16 heavy (non-hydrogen) atoms. The largest absolute Gasteiger partial charge is 0.380 e. The van der Waals surface area contributed by atoms with Crippen LogP contribution in [0, 0.1) is 17.4 Å². The zero-order chi connectivity index (χ0) is 11.2. The standard InChI is InChI=1S/C14H11N2/c15-10-12-6-8-14(9-7-12)16-11-13-4-2-1-3-5-13/h1-8,16H,11H2. The van der Waals surface area contributed by atoms with Crippen molar-refractivity contribution in [3.63, 3.8) is 0 Å². The predicted molar refractivity (Wildman–Crippen MR) is 63.8 cm³/mol. The number of nitrogens with zero attached hydrogens (tertiary/aromatic N) is 1. The Kier molecular flexibility index (Phi) is 3.20. The molecule has 0 aromatic heterocycles. The van der Waals surface area contributed by atoms with E-state index in [9.17, 15) is 0 Å². The minimum absolute atomic E-state index is 0.630. The van der Waals surface area contributed by atoms with Crippen LogP contribution in [0.1, 0.15) is 11.1 Å². The maximum atomic E-state index is 8.65. The van der Waals surface area contributed by atoms with Gasteiger partial charge in [0.1, 0.15) is 0 Å². The molecule has 0 bridgehead atoms. The smallest absolute Gasteiger partial charge is 0.0991 e. The highest BCUT2D eigenvalue weighted by Crippen LogP contribution is 2.09. The van der Waals surface area contributed by atoms with E-state index in [2.05, 4.69) is 29.6 Å². The Hall–Kier alpha value is -2.27. The molecule has 0 aliphatic carbocycles. The summed E-state index contributed by atoms with van der Waals surface area (Å²) < 4.78 is 0. The third-order valence-corrected chi connectivity index (χ3v) is 2.27. The maximum absolute atomic E-state index is 8.65. The van der Waals surface area contributed by atoms with Gasteiger partial charge >= 0.3 is 0 Å². The third kappa shape index (κ3) is 2.61. The third-order valence-electron chi connectivity index (χ3n) is 2.27. The lowest BCUT2D eigenvalue weighted by atomic mass is 10.2.